The zero-order chi connectivity index (χ0) is 39.0. The van der Waals surface area contributed by atoms with Crippen LogP contribution in [0.3, 0.4) is 0 Å². The van der Waals surface area contributed by atoms with Gasteiger partial charge in [0.2, 0.25) is 0 Å². The van der Waals surface area contributed by atoms with Gasteiger partial charge in [-0.25, -0.2) is 41.8 Å². The molecule has 0 aliphatic carbocycles. The first-order valence-corrected chi connectivity index (χ1v) is 19.0. The maximum absolute atomic E-state index is 14.1. The molecular formula is C48H54F4N2Ti. The van der Waals surface area contributed by atoms with Crippen molar-refractivity contribution < 1.29 is 39.3 Å². The Labute approximate surface area is 342 Å². The minimum Gasteiger partial charge on any atom is -0.392 e. The average Bonchev–Trinajstić information content (AvgIpc) is 3.95. The van der Waals surface area contributed by atoms with E-state index in [1.807, 2.05) is 133 Å². The Bertz CT molecular complexity index is 1640. The molecule has 2 nitrogen and oxygen atoms in total. The molecule has 6 rings (SSSR count). The SMILES string of the molecule is CCCCCCN(c1ccc(C)cc1)c1ccc(F)[c-]c1F.CCCCCCN(c1ccc(C)cc1)c1ccc(F)[c-]c1F.[Ti+4].c1cc[cH-]c1.c1cc[cH-]c1. The van der Waals surface area contributed by atoms with E-state index in [9.17, 15) is 17.6 Å². The van der Waals surface area contributed by atoms with E-state index in [2.05, 4.69) is 26.0 Å². The normalized spacial score (nSPS) is 10.0. The summed E-state index contributed by atoms with van der Waals surface area (Å²) in [5, 5.41) is 0. The summed E-state index contributed by atoms with van der Waals surface area (Å²) in [6, 6.07) is 45.6. The molecule has 0 amide bonds. The molecule has 0 aliphatic rings. The summed E-state index contributed by atoms with van der Waals surface area (Å²) in [5.74, 6) is -2.63. The predicted molar refractivity (Wildman–Crippen MR) is 219 cm³/mol. The van der Waals surface area contributed by atoms with Crippen LogP contribution in [0, 0.1) is 49.2 Å². The van der Waals surface area contributed by atoms with Gasteiger partial charge in [-0.05, 0) is 62.3 Å². The number of halogens is 4. The van der Waals surface area contributed by atoms with Gasteiger partial charge in [-0.15, -0.1) is 36.4 Å². The molecule has 0 saturated carbocycles. The van der Waals surface area contributed by atoms with Crippen LogP contribution in [0.2, 0.25) is 0 Å². The van der Waals surface area contributed by atoms with E-state index in [0.717, 1.165) is 61.0 Å². The Hall–Kier alpha value is -4.39. The monoisotopic (exact) mass is 782 g/mol. The Morgan fingerprint density at radius 3 is 1.09 bits per heavy atom. The number of hydrogen-bond acceptors (Lipinski definition) is 2. The molecule has 0 bridgehead atoms. The first kappa shape index (κ1) is 46.8. The van der Waals surface area contributed by atoms with Crippen molar-refractivity contribution in [2.75, 3.05) is 22.9 Å². The Balaban J connectivity index is 0.000000298. The van der Waals surface area contributed by atoms with Crippen molar-refractivity contribution in [1.82, 2.24) is 0 Å². The molecule has 7 heteroatoms. The molecule has 0 spiro atoms. The largest absolute Gasteiger partial charge is 4.00 e. The van der Waals surface area contributed by atoms with Gasteiger partial charge >= 0.3 is 21.7 Å². The molecule has 0 atom stereocenters. The first-order chi connectivity index (χ1) is 26.2. The van der Waals surface area contributed by atoms with E-state index in [4.69, 9.17) is 0 Å². The van der Waals surface area contributed by atoms with E-state index in [1.54, 1.807) is 0 Å². The van der Waals surface area contributed by atoms with Crippen molar-refractivity contribution in [3.63, 3.8) is 0 Å². The molecule has 0 heterocycles. The molecule has 6 aromatic carbocycles. The maximum atomic E-state index is 14.1. The summed E-state index contributed by atoms with van der Waals surface area (Å²) in [6.45, 7) is 9.76. The molecule has 0 unspecified atom stereocenters. The Morgan fingerprint density at radius 2 is 0.818 bits per heavy atom. The molecule has 6 aromatic rings. The summed E-state index contributed by atoms with van der Waals surface area (Å²) in [6.07, 6.45) is 8.79. The van der Waals surface area contributed by atoms with E-state index in [1.165, 1.54) is 37.1 Å². The van der Waals surface area contributed by atoms with Crippen molar-refractivity contribution in [1.29, 1.82) is 0 Å². The van der Waals surface area contributed by atoms with Gasteiger partial charge in [0.05, 0.1) is 0 Å². The Kier molecular flexibility index (Phi) is 23.2. The number of nitrogens with zero attached hydrogens (tertiary/aromatic N) is 2. The second kappa shape index (κ2) is 27.2. The number of hydrogen-bond donors (Lipinski definition) is 0. The Morgan fingerprint density at radius 1 is 0.473 bits per heavy atom. The van der Waals surface area contributed by atoms with Gasteiger partial charge in [0.15, 0.2) is 0 Å². The molecule has 0 aliphatic heterocycles. The minimum atomic E-state index is -0.670. The zero-order valence-electron chi connectivity index (χ0n) is 32.7. The summed E-state index contributed by atoms with van der Waals surface area (Å²) >= 11 is 0. The van der Waals surface area contributed by atoms with E-state index in [-0.39, 0.29) is 21.7 Å². The quantitative estimate of drug-likeness (QED) is 0.0470. The number of unbranched alkanes of at least 4 members (excludes halogenated alkanes) is 6. The smallest absolute Gasteiger partial charge is 0.392 e. The summed E-state index contributed by atoms with van der Waals surface area (Å²) in [7, 11) is 0. The first-order valence-electron chi connectivity index (χ1n) is 19.0. The molecule has 0 aromatic heterocycles. The molecule has 0 N–H and O–H groups in total. The number of rotatable bonds is 14. The molecule has 0 saturated heterocycles. The van der Waals surface area contributed by atoms with Crippen LogP contribution in [0.5, 0.6) is 0 Å². The van der Waals surface area contributed by atoms with E-state index < -0.39 is 23.3 Å². The number of benzene rings is 4. The third kappa shape index (κ3) is 17.7. The summed E-state index contributed by atoms with van der Waals surface area (Å²) in [5.41, 5.74) is 4.90. The molecular weight excluding hydrogens is 728 g/mol. The summed E-state index contributed by atoms with van der Waals surface area (Å²) < 4.78 is 54.4. The van der Waals surface area contributed by atoms with Crippen LogP contribution in [-0.2, 0) is 21.7 Å². The van der Waals surface area contributed by atoms with Crippen molar-refractivity contribution in [3.05, 3.63) is 180 Å². The molecule has 288 valence electrons. The standard InChI is InChI=1S/2C19H22F2N.2C5H5.Ti/c2*1-3-4-5-6-13-22(17-10-7-15(2)8-11-17)19-12-9-16(20)14-18(19)21;2*1-2-4-5-3-1;/h2*7-12H,3-6,13H2,1-2H3;2*1-5H;/q4*-1;+4. The molecule has 0 fully saturated rings. The number of anilines is 4. The van der Waals surface area contributed by atoms with E-state index >= 15 is 0 Å². The minimum absolute atomic E-state index is 0. The van der Waals surface area contributed by atoms with Crippen molar-refractivity contribution >= 4 is 22.7 Å². The van der Waals surface area contributed by atoms with Crippen molar-refractivity contribution in [2.24, 2.45) is 0 Å². The van der Waals surface area contributed by atoms with Crippen LogP contribution < -0.4 is 9.80 Å². The fourth-order valence-corrected chi connectivity index (χ4v) is 5.55. The topological polar surface area (TPSA) is 6.48 Å². The van der Waals surface area contributed by atoms with Crippen LogP contribution in [-0.4, -0.2) is 13.1 Å². The van der Waals surface area contributed by atoms with Gasteiger partial charge < -0.3 is 9.80 Å². The van der Waals surface area contributed by atoms with Gasteiger partial charge in [-0.2, -0.15) is 36.4 Å². The van der Waals surface area contributed by atoms with Crippen LogP contribution >= 0.6 is 0 Å². The van der Waals surface area contributed by atoms with Crippen molar-refractivity contribution in [2.45, 2.75) is 79.1 Å². The zero-order valence-corrected chi connectivity index (χ0v) is 34.2. The van der Waals surface area contributed by atoms with Crippen LogP contribution in [0.15, 0.2) is 133 Å². The van der Waals surface area contributed by atoms with Crippen LogP contribution in [0.4, 0.5) is 40.3 Å². The van der Waals surface area contributed by atoms with Gasteiger partial charge in [0.1, 0.15) is 0 Å². The molecule has 0 radical (unpaired) electrons. The van der Waals surface area contributed by atoms with Crippen LogP contribution in [0.1, 0.15) is 76.3 Å². The average molecular weight is 783 g/mol. The third-order valence-electron chi connectivity index (χ3n) is 8.54. The van der Waals surface area contributed by atoms with E-state index in [0.29, 0.717) is 24.5 Å². The molecule has 55 heavy (non-hydrogen) atoms. The number of aryl methyl sites for hydroxylation is 2. The fourth-order valence-electron chi connectivity index (χ4n) is 5.55. The van der Waals surface area contributed by atoms with Crippen LogP contribution in [0.25, 0.3) is 0 Å². The maximum Gasteiger partial charge on any atom is 4.00 e. The van der Waals surface area contributed by atoms with Gasteiger partial charge in [-0.3, -0.25) is 0 Å². The third-order valence-corrected chi connectivity index (χ3v) is 8.54. The second-order valence-corrected chi connectivity index (χ2v) is 13.0. The summed E-state index contributed by atoms with van der Waals surface area (Å²) in [4.78, 5) is 3.81. The second-order valence-electron chi connectivity index (χ2n) is 13.0. The fraction of sp³-hybridized carbons (Fsp3) is 0.292. The van der Waals surface area contributed by atoms with Gasteiger partial charge in [0, 0.05) is 47.7 Å². The van der Waals surface area contributed by atoms with Crippen molar-refractivity contribution in [3.8, 4) is 0 Å². The van der Waals surface area contributed by atoms with Gasteiger partial charge in [-0.1, -0.05) is 87.8 Å². The van der Waals surface area contributed by atoms with Gasteiger partial charge in [0.25, 0.3) is 0 Å². The predicted octanol–water partition coefficient (Wildman–Crippen LogP) is 14.4.